The van der Waals surface area contributed by atoms with Crippen molar-refractivity contribution < 1.29 is 24.1 Å². The third-order valence-electron chi connectivity index (χ3n) is 2.18. The summed E-state index contributed by atoms with van der Waals surface area (Å²) in [5.74, 6) is -0.891. The number of carbonyl (C=O) groups excluding carboxylic acids is 1. The molecule has 1 aromatic carbocycles. The molecule has 0 atom stereocenters. The summed E-state index contributed by atoms with van der Waals surface area (Å²) in [6.45, 7) is 1.32. The quantitative estimate of drug-likeness (QED) is 0.324. The molecule has 18 heavy (non-hydrogen) atoms. The molecule has 100 valence electrons. The number of hydrogen-bond acceptors (Lipinski definition) is 6. The molecule has 3 N–H and O–H groups in total. The summed E-state index contributed by atoms with van der Waals surface area (Å²) in [5.41, 5.74) is 5.66. The number of methoxy groups -OCH3 is 1. The second-order valence-electron chi connectivity index (χ2n) is 3.48. The number of esters is 1. The summed E-state index contributed by atoms with van der Waals surface area (Å²) in [5, 5.41) is 9.57. The average Bonchev–Trinajstić information content (AvgIpc) is 2.36. The van der Waals surface area contributed by atoms with E-state index >= 15 is 0 Å². The number of hydrogen-bond donors (Lipinski definition) is 2. The minimum absolute atomic E-state index is 0.0480. The highest BCUT2D eigenvalue weighted by molar-refractivity contribution is 5.94. The van der Waals surface area contributed by atoms with E-state index in [2.05, 4.69) is 0 Å². The largest absolute Gasteiger partial charge is 0.505 e. The van der Waals surface area contributed by atoms with Crippen LogP contribution < -0.4 is 5.73 Å². The van der Waals surface area contributed by atoms with Crippen LogP contribution in [-0.2, 0) is 14.2 Å². The van der Waals surface area contributed by atoms with Gasteiger partial charge in [0.15, 0.2) is 5.75 Å². The van der Waals surface area contributed by atoms with Gasteiger partial charge in [-0.05, 0) is 12.1 Å². The van der Waals surface area contributed by atoms with Gasteiger partial charge in [-0.15, -0.1) is 0 Å². The number of ether oxygens (including phenoxy) is 3. The molecule has 0 saturated carbocycles. The number of phenols is 1. The van der Waals surface area contributed by atoms with E-state index in [0.29, 0.717) is 13.2 Å². The number of phenolic OH excluding ortho intramolecular Hbond substituents is 1. The van der Waals surface area contributed by atoms with E-state index in [-0.39, 0.29) is 30.2 Å². The summed E-state index contributed by atoms with van der Waals surface area (Å²) in [6, 6.07) is 4.51. The molecule has 6 nitrogen and oxygen atoms in total. The van der Waals surface area contributed by atoms with Gasteiger partial charge in [0.05, 0.1) is 25.5 Å². The predicted molar refractivity (Wildman–Crippen MR) is 65.5 cm³/mol. The molecule has 0 aliphatic rings. The first-order valence-corrected chi connectivity index (χ1v) is 5.48. The van der Waals surface area contributed by atoms with E-state index in [0.717, 1.165) is 0 Å². The monoisotopic (exact) mass is 255 g/mol. The Labute approximate surface area is 105 Å². The van der Waals surface area contributed by atoms with Crippen LogP contribution in [0.25, 0.3) is 0 Å². The van der Waals surface area contributed by atoms with Crippen LogP contribution in [0.5, 0.6) is 5.75 Å². The molecule has 0 fully saturated rings. The van der Waals surface area contributed by atoms with Crippen molar-refractivity contribution in [3.05, 3.63) is 23.8 Å². The highest BCUT2D eigenvalue weighted by atomic mass is 16.6. The molecule has 0 unspecified atom stereocenters. The topological polar surface area (TPSA) is 91.0 Å². The molecule has 0 spiro atoms. The van der Waals surface area contributed by atoms with Crippen LogP contribution in [0.1, 0.15) is 10.4 Å². The molecule has 0 heterocycles. The summed E-state index contributed by atoms with van der Waals surface area (Å²) >= 11 is 0. The van der Waals surface area contributed by atoms with Gasteiger partial charge in [-0.3, -0.25) is 0 Å². The summed E-state index contributed by atoms with van der Waals surface area (Å²) in [4.78, 5) is 11.6. The van der Waals surface area contributed by atoms with Gasteiger partial charge < -0.3 is 25.1 Å². The Morgan fingerprint density at radius 2 is 2.00 bits per heavy atom. The molecule has 6 heteroatoms. The maximum Gasteiger partial charge on any atom is 0.342 e. The smallest absolute Gasteiger partial charge is 0.342 e. The zero-order valence-corrected chi connectivity index (χ0v) is 10.2. The Morgan fingerprint density at radius 1 is 1.28 bits per heavy atom. The number of para-hydroxylation sites is 1. The van der Waals surface area contributed by atoms with E-state index in [4.69, 9.17) is 19.9 Å². The maximum absolute atomic E-state index is 11.6. The number of benzene rings is 1. The Hall–Kier alpha value is -1.79. The molecule has 1 rings (SSSR count). The molecular formula is C12H17NO5. The summed E-state index contributed by atoms with van der Waals surface area (Å²) < 4.78 is 14.8. The second-order valence-corrected chi connectivity index (χ2v) is 3.48. The van der Waals surface area contributed by atoms with E-state index in [1.807, 2.05) is 0 Å². The minimum atomic E-state index is -0.629. The van der Waals surface area contributed by atoms with Gasteiger partial charge >= 0.3 is 5.97 Å². The standard InChI is InChI=1S/C12H17NO5/c1-16-5-6-17-7-8-18-12(15)9-3-2-4-10(13)11(9)14/h2-4,14H,5-8,13H2,1H3. The Bertz CT molecular complexity index is 394. The number of rotatable bonds is 7. The lowest BCUT2D eigenvalue weighted by atomic mass is 10.2. The van der Waals surface area contributed by atoms with E-state index in [1.54, 1.807) is 13.2 Å². The van der Waals surface area contributed by atoms with Crippen LogP contribution in [0.4, 0.5) is 5.69 Å². The van der Waals surface area contributed by atoms with Crippen LogP contribution in [0.3, 0.4) is 0 Å². The molecule has 0 radical (unpaired) electrons. The van der Waals surface area contributed by atoms with Crippen molar-refractivity contribution in [3.8, 4) is 5.75 Å². The highest BCUT2D eigenvalue weighted by Crippen LogP contribution is 2.24. The van der Waals surface area contributed by atoms with Crippen molar-refractivity contribution in [2.24, 2.45) is 0 Å². The molecular weight excluding hydrogens is 238 g/mol. The SMILES string of the molecule is COCCOCCOC(=O)c1cccc(N)c1O. The molecule has 0 aliphatic heterocycles. The summed E-state index contributed by atoms with van der Waals surface area (Å²) in [7, 11) is 1.58. The van der Waals surface area contributed by atoms with Gasteiger partial charge in [-0.1, -0.05) is 6.07 Å². The van der Waals surface area contributed by atoms with Crippen LogP contribution in [0.15, 0.2) is 18.2 Å². The highest BCUT2D eigenvalue weighted by Gasteiger charge is 2.13. The molecule has 0 aliphatic carbocycles. The number of anilines is 1. The fourth-order valence-corrected chi connectivity index (χ4v) is 1.24. The lowest BCUT2D eigenvalue weighted by Gasteiger charge is -2.08. The minimum Gasteiger partial charge on any atom is -0.505 e. The Balaban J connectivity index is 2.35. The van der Waals surface area contributed by atoms with Crippen molar-refractivity contribution in [1.82, 2.24) is 0 Å². The van der Waals surface area contributed by atoms with Crippen molar-refractivity contribution in [1.29, 1.82) is 0 Å². The first-order chi connectivity index (χ1) is 8.66. The molecule has 1 aromatic rings. The summed E-state index contributed by atoms with van der Waals surface area (Å²) in [6.07, 6.45) is 0. The van der Waals surface area contributed by atoms with Gasteiger partial charge in [-0.25, -0.2) is 4.79 Å². The number of aromatic hydroxyl groups is 1. The van der Waals surface area contributed by atoms with Gasteiger partial charge in [0.2, 0.25) is 0 Å². The Kier molecular flexibility index (Phi) is 5.96. The number of carbonyl (C=O) groups is 1. The van der Waals surface area contributed by atoms with Gasteiger partial charge in [0.25, 0.3) is 0 Å². The normalized spacial score (nSPS) is 10.3. The van der Waals surface area contributed by atoms with Crippen molar-refractivity contribution in [2.75, 3.05) is 39.3 Å². The van der Waals surface area contributed by atoms with E-state index in [1.165, 1.54) is 12.1 Å². The first-order valence-electron chi connectivity index (χ1n) is 5.48. The van der Waals surface area contributed by atoms with Crippen LogP contribution in [0.2, 0.25) is 0 Å². The number of nitrogens with two attached hydrogens (primary N) is 1. The fourth-order valence-electron chi connectivity index (χ4n) is 1.24. The third-order valence-corrected chi connectivity index (χ3v) is 2.18. The van der Waals surface area contributed by atoms with Gasteiger partial charge in [0, 0.05) is 7.11 Å². The third kappa shape index (κ3) is 4.23. The van der Waals surface area contributed by atoms with Crippen molar-refractivity contribution >= 4 is 11.7 Å². The van der Waals surface area contributed by atoms with E-state index < -0.39 is 5.97 Å². The Morgan fingerprint density at radius 3 is 2.72 bits per heavy atom. The zero-order valence-electron chi connectivity index (χ0n) is 10.2. The molecule has 0 saturated heterocycles. The van der Waals surface area contributed by atoms with Crippen LogP contribution in [-0.4, -0.2) is 44.6 Å². The van der Waals surface area contributed by atoms with Gasteiger partial charge in [-0.2, -0.15) is 0 Å². The van der Waals surface area contributed by atoms with E-state index in [9.17, 15) is 9.90 Å². The lowest BCUT2D eigenvalue weighted by molar-refractivity contribution is 0.0212. The van der Waals surface area contributed by atoms with Crippen molar-refractivity contribution in [2.45, 2.75) is 0 Å². The molecule has 0 amide bonds. The average molecular weight is 255 g/mol. The lowest BCUT2D eigenvalue weighted by Crippen LogP contribution is -2.13. The maximum atomic E-state index is 11.6. The zero-order chi connectivity index (χ0) is 13.4. The van der Waals surface area contributed by atoms with Gasteiger partial charge in [0.1, 0.15) is 12.2 Å². The number of nitrogen functional groups attached to an aromatic ring is 1. The molecule has 0 bridgehead atoms. The van der Waals surface area contributed by atoms with Crippen LogP contribution in [0, 0.1) is 0 Å². The predicted octanol–water partition coefficient (Wildman–Crippen LogP) is 0.794. The second kappa shape index (κ2) is 7.52. The molecule has 0 aromatic heterocycles. The first kappa shape index (κ1) is 14.3. The van der Waals surface area contributed by atoms with Crippen LogP contribution >= 0.6 is 0 Å². The van der Waals surface area contributed by atoms with Crippen molar-refractivity contribution in [3.63, 3.8) is 0 Å². The fraction of sp³-hybridized carbons (Fsp3) is 0.417.